The SMILES string of the molecule is CCC(=O)N1CCN(Cc2ccc(-n3ccnc3)cc2)[C@@H]2CS(=O)(=O)C[C@@H]21. The Morgan fingerprint density at radius 1 is 1.15 bits per heavy atom. The van der Waals surface area contributed by atoms with Gasteiger partial charge in [-0.15, -0.1) is 0 Å². The van der Waals surface area contributed by atoms with Crippen LogP contribution in [-0.4, -0.2) is 70.4 Å². The van der Waals surface area contributed by atoms with E-state index in [-0.39, 0.29) is 29.5 Å². The number of amides is 1. The van der Waals surface area contributed by atoms with Crippen molar-refractivity contribution in [1.82, 2.24) is 19.4 Å². The fraction of sp³-hybridized carbons (Fsp3) is 0.474. The third-order valence-electron chi connectivity index (χ3n) is 5.54. The Hall–Kier alpha value is -2.19. The maximum absolute atomic E-state index is 12.3. The zero-order valence-corrected chi connectivity index (χ0v) is 16.2. The van der Waals surface area contributed by atoms with Crippen LogP contribution in [0.25, 0.3) is 5.69 Å². The van der Waals surface area contributed by atoms with Crippen LogP contribution in [0, 0.1) is 0 Å². The van der Waals surface area contributed by atoms with Crippen molar-refractivity contribution in [2.24, 2.45) is 0 Å². The molecule has 2 aromatic rings. The number of hydrogen-bond donors (Lipinski definition) is 0. The van der Waals surface area contributed by atoms with Crippen molar-refractivity contribution in [3.8, 4) is 5.69 Å². The molecule has 2 aliphatic rings. The van der Waals surface area contributed by atoms with Crippen molar-refractivity contribution in [1.29, 1.82) is 0 Å². The molecule has 3 heterocycles. The number of imidazole rings is 1. The quantitative estimate of drug-likeness (QED) is 0.784. The number of fused-ring (bicyclic) bond motifs is 1. The summed E-state index contributed by atoms with van der Waals surface area (Å²) < 4.78 is 26.5. The first-order valence-corrected chi connectivity index (χ1v) is 11.1. The lowest BCUT2D eigenvalue weighted by Crippen LogP contribution is -2.60. The smallest absolute Gasteiger partial charge is 0.222 e. The molecule has 0 saturated carbocycles. The molecule has 8 heteroatoms. The first-order valence-electron chi connectivity index (χ1n) is 9.28. The number of hydrogen-bond acceptors (Lipinski definition) is 5. The molecule has 1 aromatic heterocycles. The van der Waals surface area contributed by atoms with E-state index in [1.807, 2.05) is 29.8 Å². The zero-order valence-electron chi connectivity index (χ0n) is 15.4. The normalized spacial score (nSPS) is 24.7. The van der Waals surface area contributed by atoms with Gasteiger partial charge in [0.2, 0.25) is 5.91 Å². The molecule has 4 rings (SSSR count). The zero-order chi connectivity index (χ0) is 19.0. The van der Waals surface area contributed by atoms with Crippen molar-refractivity contribution < 1.29 is 13.2 Å². The topological polar surface area (TPSA) is 75.5 Å². The molecule has 144 valence electrons. The van der Waals surface area contributed by atoms with E-state index in [1.165, 1.54) is 0 Å². The monoisotopic (exact) mass is 388 g/mol. The highest BCUT2D eigenvalue weighted by Gasteiger charge is 2.47. The van der Waals surface area contributed by atoms with Gasteiger partial charge in [0, 0.05) is 50.2 Å². The molecule has 0 unspecified atom stereocenters. The molecule has 2 fully saturated rings. The second-order valence-electron chi connectivity index (χ2n) is 7.26. The highest BCUT2D eigenvalue weighted by molar-refractivity contribution is 7.91. The summed E-state index contributed by atoms with van der Waals surface area (Å²) in [5.74, 6) is 0.268. The van der Waals surface area contributed by atoms with Gasteiger partial charge in [0.1, 0.15) is 0 Å². The molecule has 0 N–H and O–H groups in total. The summed E-state index contributed by atoms with van der Waals surface area (Å²) >= 11 is 0. The van der Waals surface area contributed by atoms with Crippen LogP contribution < -0.4 is 0 Å². The van der Waals surface area contributed by atoms with E-state index in [0.29, 0.717) is 26.1 Å². The average molecular weight is 388 g/mol. The lowest BCUT2D eigenvalue weighted by atomic mass is 10.0. The van der Waals surface area contributed by atoms with E-state index in [9.17, 15) is 13.2 Å². The minimum absolute atomic E-state index is 0.0476. The number of rotatable bonds is 4. The first kappa shape index (κ1) is 18.2. The van der Waals surface area contributed by atoms with Crippen molar-refractivity contribution >= 4 is 15.7 Å². The van der Waals surface area contributed by atoms with Crippen LogP contribution in [0.3, 0.4) is 0 Å². The van der Waals surface area contributed by atoms with Gasteiger partial charge >= 0.3 is 0 Å². The van der Waals surface area contributed by atoms with Crippen LogP contribution in [0.4, 0.5) is 0 Å². The number of carbonyl (C=O) groups is 1. The Morgan fingerprint density at radius 2 is 1.89 bits per heavy atom. The van der Waals surface area contributed by atoms with E-state index in [1.54, 1.807) is 17.4 Å². The third kappa shape index (κ3) is 3.64. The van der Waals surface area contributed by atoms with Gasteiger partial charge < -0.3 is 9.47 Å². The van der Waals surface area contributed by atoms with Crippen molar-refractivity contribution in [3.63, 3.8) is 0 Å². The Morgan fingerprint density at radius 3 is 2.56 bits per heavy atom. The molecule has 2 atom stereocenters. The Labute approximate surface area is 159 Å². The number of carbonyl (C=O) groups excluding carboxylic acids is 1. The molecule has 0 spiro atoms. The Bertz CT molecular complexity index is 909. The summed E-state index contributed by atoms with van der Waals surface area (Å²) in [5.41, 5.74) is 2.17. The highest BCUT2D eigenvalue weighted by Crippen LogP contribution is 2.28. The maximum atomic E-state index is 12.3. The average Bonchev–Trinajstić information content (AvgIpc) is 3.29. The number of sulfone groups is 1. The van der Waals surface area contributed by atoms with Crippen LogP contribution in [0.2, 0.25) is 0 Å². The summed E-state index contributed by atoms with van der Waals surface area (Å²) in [4.78, 5) is 20.3. The number of benzene rings is 1. The van der Waals surface area contributed by atoms with Gasteiger partial charge in [-0.2, -0.15) is 0 Å². The maximum Gasteiger partial charge on any atom is 0.222 e. The largest absolute Gasteiger partial charge is 0.336 e. The minimum atomic E-state index is -3.11. The summed E-state index contributed by atoms with van der Waals surface area (Å²) in [6.45, 7) is 3.81. The molecule has 2 aliphatic heterocycles. The van der Waals surface area contributed by atoms with Crippen molar-refractivity contribution in [3.05, 3.63) is 48.5 Å². The van der Waals surface area contributed by atoms with Gasteiger partial charge in [-0.25, -0.2) is 13.4 Å². The second-order valence-corrected chi connectivity index (χ2v) is 9.41. The number of piperazine rings is 1. The number of aromatic nitrogens is 2. The van der Waals surface area contributed by atoms with E-state index >= 15 is 0 Å². The van der Waals surface area contributed by atoms with Gasteiger partial charge in [-0.3, -0.25) is 9.69 Å². The van der Waals surface area contributed by atoms with Gasteiger partial charge in [0.15, 0.2) is 9.84 Å². The van der Waals surface area contributed by atoms with Gasteiger partial charge in [-0.1, -0.05) is 19.1 Å². The van der Waals surface area contributed by atoms with E-state index in [4.69, 9.17) is 0 Å². The number of nitrogens with zero attached hydrogens (tertiary/aromatic N) is 4. The van der Waals surface area contributed by atoms with Gasteiger partial charge in [0.05, 0.1) is 23.9 Å². The lowest BCUT2D eigenvalue weighted by molar-refractivity contribution is -0.136. The van der Waals surface area contributed by atoms with Crippen LogP contribution in [0.1, 0.15) is 18.9 Å². The van der Waals surface area contributed by atoms with Crippen molar-refractivity contribution in [2.45, 2.75) is 32.0 Å². The summed E-state index contributed by atoms with van der Waals surface area (Å²) in [5, 5.41) is 0. The fourth-order valence-electron chi connectivity index (χ4n) is 4.15. The summed E-state index contributed by atoms with van der Waals surface area (Å²) in [7, 11) is -3.11. The van der Waals surface area contributed by atoms with Crippen LogP contribution in [0.5, 0.6) is 0 Å². The first-order chi connectivity index (χ1) is 13.0. The molecular formula is C19H24N4O3S. The summed E-state index contributed by atoms with van der Waals surface area (Å²) in [6, 6.07) is 7.87. The van der Waals surface area contributed by atoms with E-state index in [2.05, 4.69) is 22.0 Å². The van der Waals surface area contributed by atoms with E-state index < -0.39 is 9.84 Å². The molecule has 1 amide bonds. The van der Waals surface area contributed by atoms with Crippen molar-refractivity contribution in [2.75, 3.05) is 24.6 Å². The highest BCUT2D eigenvalue weighted by atomic mass is 32.2. The lowest BCUT2D eigenvalue weighted by Gasteiger charge is -2.44. The van der Waals surface area contributed by atoms with E-state index in [0.717, 1.165) is 11.3 Å². The predicted octanol–water partition coefficient (Wildman–Crippen LogP) is 1.09. The molecule has 0 bridgehead atoms. The third-order valence-corrected chi connectivity index (χ3v) is 7.24. The predicted molar refractivity (Wildman–Crippen MR) is 102 cm³/mol. The molecule has 1 aromatic carbocycles. The summed E-state index contributed by atoms with van der Waals surface area (Å²) in [6.07, 6.45) is 5.81. The molecular weight excluding hydrogens is 364 g/mol. The Kier molecular flexibility index (Phi) is 4.77. The Balaban J connectivity index is 1.51. The molecule has 2 saturated heterocycles. The molecule has 7 nitrogen and oxygen atoms in total. The molecule has 27 heavy (non-hydrogen) atoms. The van der Waals surface area contributed by atoms with Crippen LogP contribution >= 0.6 is 0 Å². The van der Waals surface area contributed by atoms with Gasteiger partial charge in [0.25, 0.3) is 0 Å². The van der Waals surface area contributed by atoms with Crippen LogP contribution in [0.15, 0.2) is 43.0 Å². The molecule has 0 radical (unpaired) electrons. The molecule has 0 aliphatic carbocycles. The standard InChI is InChI=1S/C19H24N4O3S/c1-2-19(24)23-10-9-21(17-12-27(25,26)13-18(17)23)11-15-3-5-16(6-4-15)22-8-7-20-14-22/h3-8,14,17-18H,2,9-13H2,1H3/t17-,18+/m1/s1. The second kappa shape index (κ2) is 7.09. The van der Waals surface area contributed by atoms with Gasteiger partial charge in [-0.05, 0) is 17.7 Å². The fourth-order valence-corrected chi connectivity index (χ4v) is 6.17. The van der Waals surface area contributed by atoms with Crippen LogP contribution in [-0.2, 0) is 21.2 Å². The minimum Gasteiger partial charge on any atom is -0.336 e.